The fourth-order valence-electron chi connectivity index (χ4n) is 3.24. The highest BCUT2D eigenvalue weighted by atomic mass is 16.6. The molecule has 1 heterocycles. The van der Waals surface area contributed by atoms with Crippen LogP contribution >= 0.6 is 0 Å². The van der Waals surface area contributed by atoms with Crippen LogP contribution in [-0.2, 0) is 0 Å². The first-order valence-corrected chi connectivity index (χ1v) is 7.41. The van der Waals surface area contributed by atoms with E-state index in [0.29, 0.717) is 22.5 Å². The molecule has 3 rings (SSSR count). The molecule has 2 atom stereocenters. The molecule has 0 aliphatic heterocycles. The molecule has 0 bridgehead atoms. The van der Waals surface area contributed by atoms with Gasteiger partial charge in [-0.3, -0.25) is 15.1 Å². The summed E-state index contributed by atoms with van der Waals surface area (Å²) in [5.74, 6) is 1.39. The maximum Gasteiger partial charge on any atom is 0.301 e. The van der Waals surface area contributed by atoms with Gasteiger partial charge in [-0.25, -0.2) is 0 Å². The first-order valence-electron chi connectivity index (χ1n) is 7.41. The zero-order valence-corrected chi connectivity index (χ0v) is 12.1. The predicted molar refractivity (Wildman–Crippen MR) is 83.4 cm³/mol. The number of nitrogens with zero attached hydrogens (tertiary/aromatic N) is 2. The van der Waals surface area contributed by atoms with E-state index in [1.807, 2.05) is 6.07 Å². The van der Waals surface area contributed by atoms with Gasteiger partial charge in [-0.15, -0.1) is 0 Å². The minimum Gasteiger partial charge on any atom is -0.379 e. The van der Waals surface area contributed by atoms with Crippen molar-refractivity contribution in [2.45, 2.75) is 26.2 Å². The smallest absolute Gasteiger partial charge is 0.301 e. The molecule has 1 aliphatic rings. The van der Waals surface area contributed by atoms with Crippen LogP contribution in [0.15, 0.2) is 30.5 Å². The average molecular weight is 285 g/mol. The Bertz CT molecular complexity index is 672. The van der Waals surface area contributed by atoms with Crippen LogP contribution in [-0.4, -0.2) is 16.5 Å². The quantitative estimate of drug-likeness (QED) is 0.681. The summed E-state index contributed by atoms with van der Waals surface area (Å²) in [6.07, 6.45) is 5.32. The summed E-state index contributed by atoms with van der Waals surface area (Å²) >= 11 is 0. The molecule has 2 aromatic rings. The third-order valence-corrected chi connectivity index (χ3v) is 4.32. The Balaban J connectivity index is 1.87. The summed E-state index contributed by atoms with van der Waals surface area (Å²) in [6.45, 7) is 3.07. The molecule has 21 heavy (non-hydrogen) atoms. The maximum absolute atomic E-state index is 11.4. The van der Waals surface area contributed by atoms with E-state index >= 15 is 0 Å². The third kappa shape index (κ3) is 2.82. The van der Waals surface area contributed by atoms with Gasteiger partial charge < -0.3 is 5.32 Å². The van der Waals surface area contributed by atoms with Gasteiger partial charge in [0.1, 0.15) is 5.69 Å². The lowest BCUT2D eigenvalue weighted by molar-refractivity contribution is -0.382. The van der Waals surface area contributed by atoms with Gasteiger partial charge >= 0.3 is 5.69 Å². The molecule has 0 amide bonds. The number of pyridine rings is 1. The van der Waals surface area contributed by atoms with Crippen molar-refractivity contribution in [3.8, 4) is 0 Å². The van der Waals surface area contributed by atoms with Gasteiger partial charge in [0.05, 0.1) is 15.8 Å². The molecule has 1 aromatic carbocycles. The fourth-order valence-corrected chi connectivity index (χ4v) is 3.24. The van der Waals surface area contributed by atoms with Crippen molar-refractivity contribution in [3.63, 3.8) is 0 Å². The lowest BCUT2D eigenvalue weighted by Gasteiger charge is -2.13. The van der Waals surface area contributed by atoms with Gasteiger partial charge in [-0.2, -0.15) is 0 Å². The number of nitro benzene ring substituents is 1. The van der Waals surface area contributed by atoms with Crippen molar-refractivity contribution >= 4 is 22.3 Å². The Labute approximate surface area is 123 Å². The zero-order chi connectivity index (χ0) is 14.8. The number of benzene rings is 1. The number of nitro groups is 1. The van der Waals surface area contributed by atoms with E-state index < -0.39 is 0 Å². The van der Waals surface area contributed by atoms with E-state index in [1.165, 1.54) is 19.3 Å². The van der Waals surface area contributed by atoms with E-state index in [4.69, 9.17) is 0 Å². The van der Waals surface area contributed by atoms with E-state index in [0.717, 1.165) is 12.5 Å². The normalized spacial score (nSPS) is 21.6. The van der Waals surface area contributed by atoms with Crippen molar-refractivity contribution in [2.24, 2.45) is 11.8 Å². The maximum atomic E-state index is 11.4. The molecule has 110 valence electrons. The third-order valence-electron chi connectivity index (χ3n) is 4.32. The molecule has 0 spiro atoms. The van der Waals surface area contributed by atoms with E-state index in [9.17, 15) is 10.1 Å². The van der Waals surface area contributed by atoms with Gasteiger partial charge in [-0.05, 0) is 48.9 Å². The summed E-state index contributed by atoms with van der Waals surface area (Å²) in [6, 6.07) is 7.09. The highest BCUT2D eigenvalue weighted by molar-refractivity contribution is 5.94. The van der Waals surface area contributed by atoms with Crippen LogP contribution in [0.1, 0.15) is 26.2 Å². The number of aromatic nitrogens is 1. The first kappa shape index (κ1) is 13.8. The van der Waals surface area contributed by atoms with Crippen LogP contribution < -0.4 is 5.32 Å². The Kier molecular flexibility index (Phi) is 3.73. The van der Waals surface area contributed by atoms with Gasteiger partial charge in [0.15, 0.2) is 0 Å². The van der Waals surface area contributed by atoms with E-state index in [2.05, 4.69) is 17.2 Å². The van der Waals surface area contributed by atoms with Gasteiger partial charge in [0, 0.05) is 12.7 Å². The number of anilines is 1. The number of hydrogen-bond donors (Lipinski definition) is 1. The largest absolute Gasteiger partial charge is 0.379 e. The van der Waals surface area contributed by atoms with Gasteiger partial charge in [-0.1, -0.05) is 13.3 Å². The lowest BCUT2D eigenvalue weighted by atomic mass is 10.1. The second-order valence-corrected chi connectivity index (χ2v) is 5.95. The van der Waals surface area contributed by atoms with Crippen LogP contribution in [0.5, 0.6) is 0 Å². The summed E-state index contributed by atoms with van der Waals surface area (Å²) in [7, 11) is 0. The van der Waals surface area contributed by atoms with Crippen molar-refractivity contribution in [1.82, 2.24) is 4.98 Å². The highest BCUT2D eigenvalue weighted by Crippen LogP contribution is 2.34. The van der Waals surface area contributed by atoms with Gasteiger partial charge in [0.25, 0.3) is 0 Å². The van der Waals surface area contributed by atoms with E-state index in [1.54, 1.807) is 24.4 Å². The molecule has 5 heteroatoms. The van der Waals surface area contributed by atoms with Crippen molar-refractivity contribution in [1.29, 1.82) is 0 Å². The minimum atomic E-state index is -0.316. The Morgan fingerprint density at radius 2 is 2.24 bits per heavy atom. The van der Waals surface area contributed by atoms with Crippen LogP contribution in [0.4, 0.5) is 11.4 Å². The van der Waals surface area contributed by atoms with Crippen LogP contribution in [0.3, 0.4) is 0 Å². The molecule has 2 unspecified atom stereocenters. The molecule has 5 nitrogen and oxygen atoms in total. The Hall–Kier alpha value is -2.17. The second kappa shape index (κ2) is 5.68. The summed E-state index contributed by atoms with van der Waals surface area (Å²) < 4.78 is 0. The zero-order valence-electron chi connectivity index (χ0n) is 12.1. The topological polar surface area (TPSA) is 68.1 Å². The standard InChI is InChI=1S/C16H19N3O2/c1-11-4-5-12(9-11)10-18-15-7-6-14-13(3-2-8-17-14)16(15)19(20)21/h2-3,6-8,11-12,18H,4-5,9-10H2,1H3. The number of nitrogens with one attached hydrogen (secondary N) is 1. The first-order chi connectivity index (χ1) is 10.1. The highest BCUT2D eigenvalue weighted by Gasteiger charge is 2.23. The molecule has 1 aliphatic carbocycles. The molecule has 1 saturated carbocycles. The van der Waals surface area contributed by atoms with Crippen LogP contribution in [0, 0.1) is 22.0 Å². The molecule has 1 aromatic heterocycles. The van der Waals surface area contributed by atoms with E-state index in [-0.39, 0.29) is 10.6 Å². The average Bonchev–Trinajstić information content (AvgIpc) is 2.89. The van der Waals surface area contributed by atoms with Crippen molar-refractivity contribution in [2.75, 3.05) is 11.9 Å². The van der Waals surface area contributed by atoms with Crippen LogP contribution in [0.25, 0.3) is 10.9 Å². The fraction of sp³-hybridized carbons (Fsp3) is 0.438. The summed E-state index contributed by atoms with van der Waals surface area (Å²) in [4.78, 5) is 15.3. The summed E-state index contributed by atoms with van der Waals surface area (Å²) in [5.41, 5.74) is 1.39. The molecule has 0 radical (unpaired) electrons. The monoisotopic (exact) mass is 285 g/mol. The lowest BCUT2D eigenvalue weighted by Crippen LogP contribution is -2.12. The minimum absolute atomic E-state index is 0.131. The number of fused-ring (bicyclic) bond motifs is 1. The Morgan fingerprint density at radius 1 is 1.38 bits per heavy atom. The van der Waals surface area contributed by atoms with Gasteiger partial charge in [0.2, 0.25) is 0 Å². The molecule has 1 fully saturated rings. The number of rotatable bonds is 4. The molecule has 1 N–H and O–H groups in total. The Morgan fingerprint density at radius 3 is 2.95 bits per heavy atom. The molecular formula is C16H19N3O2. The molecular weight excluding hydrogens is 266 g/mol. The SMILES string of the molecule is CC1CCC(CNc2ccc3ncccc3c2[N+](=O)[O-])C1. The van der Waals surface area contributed by atoms with Crippen molar-refractivity contribution < 1.29 is 4.92 Å². The molecule has 0 saturated heterocycles. The second-order valence-electron chi connectivity index (χ2n) is 5.95. The number of hydrogen-bond acceptors (Lipinski definition) is 4. The van der Waals surface area contributed by atoms with Crippen LogP contribution in [0.2, 0.25) is 0 Å². The van der Waals surface area contributed by atoms with Crippen molar-refractivity contribution in [3.05, 3.63) is 40.6 Å². The predicted octanol–water partition coefficient (Wildman–Crippen LogP) is 3.99. The summed E-state index contributed by atoms with van der Waals surface area (Å²) in [5, 5.41) is 15.3.